The molecule has 0 aliphatic rings. The van der Waals surface area contributed by atoms with Crippen molar-refractivity contribution in [2.45, 2.75) is 0 Å². The molecule has 0 bridgehead atoms. The van der Waals surface area contributed by atoms with Gasteiger partial charge in [-0.15, -0.1) is 0 Å². The van der Waals surface area contributed by atoms with Crippen LogP contribution in [0.5, 0.6) is 0 Å². The van der Waals surface area contributed by atoms with E-state index in [0.717, 1.165) is 17.3 Å². The van der Waals surface area contributed by atoms with Crippen molar-refractivity contribution in [1.29, 1.82) is 0 Å². The Morgan fingerprint density at radius 1 is 1.43 bits per heavy atom. The summed E-state index contributed by atoms with van der Waals surface area (Å²) in [6, 6.07) is 6.88. The lowest BCUT2D eigenvalue weighted by Crippen LogP contribution is -2.08. The minimum atomic E-state index is -0.512. The molecule has 72 valence electrons. The first kappa shape index (κ1) is 10.3. The molecule has 1 rings (SSSR count). The van der Waals surface area contributed by atoms with Crippen LogP contribution in [0.1, 0.15) is 11.1 Å². The van der Waals surface area contributed by atoms with E-state index >= 15 is 0 Å². The first-order valence-corrected chi connectivity index (χ1v) is 4.22. The zero-order chi connectivity index (χ0) is 10.6. The molecule has 0 radical (unpaired) electrons. The maximum Gasteiger partial charge on any atom is 0.235 e. The third-order valence-electron chi connectivity index (χ3n) is 1.58. The van der Waals surface area contributed by atoms with E-state index in [-0.39, 0.29) is 0 Å². The number of nitrogens with two attached hydrogens (primary N) is 1. The Morgan fingerprint density at radius 3 is 2.43 bits per heavy atom. The molecule has 4 nitrogen and oxygen atoms in total. The second kappa shape index (κ2) is 4.48. The monoisotopic (exact) mass is 208 g/mol. The van der Waals surface area contributed by atoms with Crippen molar-refractivity contribution in [3.05, 3.63) is 51.7 Å². The third-order valence-corrected chi connectivity index (χ3v) is 1.82. The molecule has 2 N–H and O–H groups in total. The van der Waals surface area contributed by atoms with Crippen molar-refractivity contribution in [1.82, 2.24) is 0 Å². The van der Waals surface area contributed by atoms with Crippen molar-refractivity contribution in [3.63, 3.8) is 0 Å². The third kappa shape index (κ3) is 2.95. The minimum absolute atomic E-state index is 0.315. The van der Waals surface area contributed by atoms with Crippen LogP contribution in [0.25, 0.3) is 6.08 Å². The van der Waals surface area contributed by atoms with E-state index in [1.807, 2.05) is 0 Å². The number of nitrogens with zero attached hydrogens (tertiary/aromatic N) is 1. The maximum atomic E-state index is 10.0. The van der Waals surface area contributed by atoms with E-state index in [1.54, 1.807) is 24.3 Å². The van der Waals surface area contributed by atoms with Gasteiger partial charge in [0.25, 0.3) is 0 Å². The van der Waals surface area contributed by atoms with E-state index in [9.17, 15) is 10.1 Å². The van der Waals surface area contributed by atoms with Crippen LogP contribution in [0.4, 0.5) is 0 Å². The van der Waals surface area contributed by atoms with Crippen molar-refractivity contribution in [2.24, 2.45) is 5.73 Å². The molecule has 0 fully saturated rings. The van der Waals surface area contributed by atoms with E-state index in [4.69, 9.17) is 18.0 Å². The number of hydrogen-bond donors (Lipinski definition) is 1. The van der Waals surface area contributed by atoms with Gasteiger partial charge in [0.1, 0.15) is 4.99 Å². The molecule has 0 amide bonds. The molecule has 0 saturated heterocycles. The molecule has 0 aliphatic heterocycles. The second-order valence-electron chi connectivity index (χ2n) is 2.59. The van der Waals surface area contributed by atoms with E-state index in [0.29, 0.717) is 4.99 Å². The summed E-state index contributed by atoms with van der Waals surface area (Å²) in [5.74, 6) is 0. The summed E-state index contributed by atoms with van der Waals surface area (Å²) < 4.78 is 0. The van der Waals surface area contributed by atoms with Crippen LogP contribution in [-0.4, -0.2) is 9.91 Å². The zero-order valence-electron chi connectivity index (χ0n) is 7.21. The standard InChI is InChI=1S/C9H8N2O2S/c10-9(14)8-3-1-7(2-4-8)5-6-11(12)13/h1-6H,(H2,10,14)/b6-5+. The van der Waals surface area contributed by atoms with Gasteiger partial charge < -0.3 is 5.73 Å². The number of thiocarbonyl (C=S) groups is 1. The second-order valence-corrected chi connectivity index (χ2v) is 3.03. The SMILES string of the molecule is NC(=S)c1ccc(/C=C/[N+](=O)[O-])cc1. The highest BCUT2D eigenvalue weighted by Crippen LogP contribution is 2.05. The fourth-order valence-corrected chi connectivity index (χ4v) is 1.04. The van der Waals surface area contributed by atoms with E-state index in [2.05, 4.69) is 0 Å². The zero-order valence-corrected chi connectivity index (χ0v) is 8.03. The molecule has 1 aromatic carbocycles. The first-order chi connectivity index (χ1) is 6.59. The van der Waals surface area contributed by atoms with Crippen LogP contribution >= 0.6 is 12.2 Å². The minimum Gasteiger partial charge on any atom is -0.389 e. The first-order valence-electron chi connectivity index (χ1n) is 3.81. The molecule has 0 atom stereocenters. The Morgan fingerprint density at radius 2 is 2.00 bits per heavy atom. The van der Waals surface area contributed by atoms with Gasteiger partial charge in [0.15, 0.2) is 0 Å². The maximum absolute atomic E-state index is 10.0. The van der Waals surface area contributed by atoms with Crippen LogP contribution in [0.3, 0.4) is 0 Å². The van der Waals surface area contributed by atoms with Crippen molar-refractivity contribution < 1.29 is 4.92 Å². The lowest BCUT2D eigenvalue weighted by molar-refractivity contribution is -0.400. The molecule has 0 saturated carbocycles. The molecule has 14 heavy (non-hydrogen) atoms. The van der Waals surface area contributed by atoms with Crippen LogP contribution in [-0.2, 0) is 0 Å². The quantitative estimate of drug-likeness (QED) is 0.465. The van der Waals surface area contributed by atoms with Gasteiger partial charge >= 0.3 is 0 Å². The molecule has 0 spiro atoms. The predicted octanol–water partition coefficient (Wildman–Crippen LogP) is 1.57. The molecule has 5 heteroatoms. The van der Waals surface area contributed by atoms with Crippen molar-refractivity contribution >= 4 is 23.3 Å². The molecular weight excluding hydrogens is 200 g/mol. The number of nitro groups is 1. The molecule has 0 aromatic heterocycles. The van der Waals surface area contributed by atoms with Gasteiger partial charge in [0, 0.05) is 11.6 Å². The summed E-state index contributed by atoms with van der Waals surface area (Å²) in [5.41, 5.74) is 6.88. The molecule has 1 aromatic rings. The van der Waals surface area contributed by atoms with Crippen LogP contribution < -0.4 is 5.73 Å². The Labute approximate surface area is 86.2 Å². The van der Waals surface area contributed by atoms with Gasteiger partial charge in [-0.05, 0) is 5.56 Å². The van der Waals surface area contributed by atoms with Gasteiger partial charge in [0.2, 0.25) is 6.20 Å². The van der Waals surface area contributed by atoms with Crippen LogP contribution in [0, 0.1) is 10.1 Å². The summed E-state index contributed by atoms with van der Waals surface area (Å²) in [6.45, 7) is 0. The predicted molar refractivity (Wildman–Crippen MR) is 58.4 cm³/mol. The van der Waals surface area contributed by atoms with Gasteiger partial charge in [-0.1, -0.05) is 36.5 Å². The van der Waals surface area contributed by atoms with Gasteiger partial charge in [0.05, 0.1) is 4.92 Å². The summed E-state index contributed by atoms with van der Waals surface area (Å²) in [6.07, 6.45) is 2.29. The molecule has 0 aliphatic carbocycles. The number of benzene rings is 1. The number of hydrogen-bond acceptors (Lipinski definition) is 3. The highest BCUT2D eigenvalue weighted by atomic mass is 32.1. The fourth-order valence-electron chi connectivity index (χ4n) is 0.905. The van der Waals surface area contributed by atoms with Gasteiger partial charge in [-0.25, -0.2) is 0 Å². The fraction of sp³-hybridized carbons (Fsp3) is 0. The summed E-state index contributed by atoms with van der Waals surface area (Å²) in [5, 5.41) is 10.0. The largest absolute Gasteiger partial charge is 0.389 e. The van der Waals surface area contributed by atoms with Crippen LogP contribution in [0.2, 0.25) is 0 Å². The molecular formula is C9H8N2O2S. The smallest absolute Gasteiger partial charge is 0.235 e. The highest BCUT2D eigenvalue weighted by molar-refractivity contribution is 7.80. The number of rotatable bonds is 3. The molecule has 0 unspecified atom stereocenters. The average molecular weight is 208 g/mol. The Kier molecular flexibility index (Phi) is 3.30. The van der Waals surface area contributed by atoms with E-state index < -0.39 is 4.92 Å². The summed E-state index contributed by atoms with van der Waals surface area (Å²) in [7, 11) is 0. The van der Waals surface area contributed by atoms with Gasteiger partial charge in [-0.3, -0.25) is 10.1 Å². The molecule has 0 heterocycles. The highest BCUT2D eigenvalue weighted by Gasteiger charge is 1.95. The summed E-state index contributed by atoms with van der Waals surface area (Å²) in [4.78, 5) is 9.83. The van der Waals surface area contributed by atoms with Crippen LogP contribution in [0.15, 0.2) is 30.5 Å². The van der Waals surface area contributed by atoms with Crippen molar-refractivity contribution in [3.8, 4) is 0 Å². The summed E-state index contributed by atoms with van der Waals surface area (Å²) >= 11 is 4.76. The van der Waals surface area contributed by atoms with E-state index in [1.165, 1.54) is 6.08 Å². The topological polar surface area (TPSA) is 69.2 Å². The Hall–Kier alpha value is -1.75. The lowest BCUT2D eigenvalue weighted by Gasteiger charge is -1.97. The Balaban J connectivity index is 2.83. The Bertz CT molecular complexity index is 384. The normalized spacial score (nSPS) is 10.3. The lowest BCUT2D eigenvalue weighted by atomic mass is 10.1. The van der Waals surface area contributed by atoms with Crippen molar-refractivity contribution in [2.75, 3.05) is 0 Å². The average Bonchev–Trinajstić information content (AvgIpc) is 2.15. The van der Waals surface area contributed by atoms with Gasteiger partial charge in [-0.2, -0.15) is 0 Å².